The molecule has 224 valence electrons. The average Bonchev–Trinajstić information content (AvgIpc) is 3.41. The van der Waals surface area contributed by atoms with Gasteiger partial charge in [0.05, 0.1) is 41.9 Å². The number of carbonyl (C=O) groups is 1. The molecule has 1 unspecified atom stereocenters. The third-order valence-corrected chi connectivity index (χ3v) is 9.41. The van der Waals surface area contributed by atoms with Crippen LogP contribution in [0.1, 0.15) is 82.8 Å². The third kappa shape index (κ3) is 6.82. The Hall–Kier alpha value is -3.34. The maximum atomic E-state index is 13.1. The van der Waals surface area contributed by atoms with E-state index in [1.807, 2.05) is 38.1 Å². The van der Waals surface area contributed by atoms with Gasteiger partial charge in [-0.25, -0.2) is 9.78 Å². The number of carbonyl (C=O) groups excluding carboxylic acids is 1. The highest BCUT2D eigenvalue weighted by Crippen LogP contribution is 2.34. The van der Waals surface area contributed by atoms with Crippen LogP contribution in [0, 0.1) is 5.92 Å². The van der Waals surface area contributed by atoms with E-state index in [9.17, 15) is 4.79 Å². The second kappa shape index (κ2) is 12.1. The summed E-state index contributed by atoms with van der Waals surface area (Å²) in [4.78, 5) is 33.9. The van der Waals surface area contributed by atoms with E-state index in [-0.39, 0.29) is 18.1 Å². The summed E-state index contributed by atoms with van der Waals surface area (Å²) in [7, 11) is 0. The van der Waals surface area contributed by atoms with Crippen molar-refractivity contribution in [2.24, 2.45) is 5.92 Å². The maximum absolute atomic E-state index is 13.1. The summed E-state index contributed by atoms with van der Waals surface area (Å²) < 4.78 is 5.80. The summed E-state index contributed by atoms with van der Waals surface area (Å²) >= 11 is 1.55. The number of ether oxygens (including phenoxy) is 1. The minimum absolute atomic E-state index is 0.00956. The van der Waals surface area contributed by atoms with Crippen LogP contribution in [0.5, 0.6) is 0 Å². The zero-order valence-corrected chi connectivity index (χ0v) is 26.0. The standard InChI is InChI=1S/C31H42N8O2S/c1-21(28-35-36-29(42-28)26-17-32-18-27(34-26)37-13-5-6-14-37)25-12-11-23(16-33-25)38-15-7-8-24(20-38)39(19-22-9-10-22)30(40)41-31(2,3)4/h11-12,16-18,21-22,24H,5-10,13-15,19-20H2,1-4H3/t21?,24-/m1/s1. The molecule has 11 heteroatoms. The second-order valence-electron chi connectivity index (χ2n) is 12.9. The Morgan fingerprint density at radius 2 is 1.83 bits per heavy atom. The van der Waals surface area contributed by atoms with Crippen LogP contribution in [0.2, 0.25) is 0 Å². The van der Waals surface area contributed by atoms with E-state index in [2.05, 4.69) is 44.0 Å². The lowest BCUT2D eigenvalue weighted by Crippen LogP contribution is -2.52. The molecule has 1 aliphatic carbocycles. The monoisotopic (exact) mass is 590 g/mol. The molecule has 0 radical (unpaired) electrons. The topological polar surface area (TPSA) is 100 Å². The van der Waals surface area contributed by atoms with Crippen molar-refractivity contribution >= 4 is 28.9 Å². The Kier molecular flexibility index (Phi) is 8.29. The summed E-state index contributed by atoms with van der Waals surface area (Å²) in [5, 5.41) is 10.6. The van der Waals surface area contributed by atoms with E-state index in [0.29, 0.717) is 5.92 Å². The molecule has 3 aromatic rings. The number of amides is 1. The number of piperidine rings is 1. The van der Waals surface area contributed by atoms with Gasteiger partial charge in [-0.1, -0.05) is 18.3 Å². The molecule has 2 saturated heterocycles. The molecule has 3 aliphatic rings. The van der Waals surface area contributed by atoms with Gasteiger partial charge in [0.1, 0.15) is 22.1 Å². The highest BCUT2D eigenvalue weighted by molar-refractivity contribution is 7.14. The molecule has 0 spiro atoms. The van der Waals surface area contributed by atoms with Gasteiger partial charge in [0, 0.05) is 32.7 Å². The van der Waals surface area contributed by atoms with Gasteiger partial charge < -0.3 is 19.4 Å². The van der Waals surface area contributed by atoms with Crippen LogP contribution in [0.15, 0.2) is 30.7 Å². The zero-order valence-electron chi connectivity index (χ0n) is 25.2. The van der Waals surface area contributed by atoms with Crippen LogP contribution in [0.3, 0.4) is 0 Å². The van der Waals surface area contributed by atoms with Gasteiger partial charge in [0.2, 0.25) is 0 Å². The number of rotatable bonds is 8. The fourth-order valence-corrected chi connectivity index (χ4v) is 6.61. The van der Waals surface area contributed by atoms with Crippen molar-refractivity contribution in [3.8, 4) is 10.7 Å². The first-order valence-corrected chi connectivity index (χ1v) is 16.2. The second-order valence-corrected chi connectivity index (χ2v) is 13.9. The number of aromatic nitrogens is 5. The minimum Gasteiger partial charge on any atom is -0.444 e. The van der Waals surface area contributed by atoms with Crippen LogP contribution in [0.25, 0.3) is 10.7 Å². The molecule has 1 saturated carbocycles. The lowest BCUT2D eigenvalue weighted by Gasteiger charge is -2.40. The number of hydrogen-bond donors (Lipinski definition) is 0. The number of nitrogens with zero attached hydrogens (tertiary/aromatic N) is 8. The van der Waals surface area contributed by atoms with Gasteiger partial charge in [-0.3, -0.25) is 9.97 Å². The minimum atomic E-state index is -0.498. The van der Waals surface area contributed by atoms with E-state index in [1.165, 1.54) is 25.7 Å². The predicted octanol–water partition coefficient (Wildman–Crippen LogP) is 5.76. The fourth-order valence-electron chi connectivity index (χ4n) is 5.75. The van der Waals surface area contributed by atoms with E-state index in [4.69, 9.17) is 14.7 Å². The molecule has 0 bridgehead atoms. The molecular weight excluding hydrogens is 548 g/mol. The van der Waals surface area contributed by atoms with Crippen molar-refractivity contribution in [1.29, 1.82) is 0 Å². The summed E-state index contributed by atoms with van der Waals surface area (Å²) in [6.45, 7) is 12.5. The molecule has 0 N–H and O–H groups in total. The van der Waals surface area contributed by atoms with Gasteiger partial charge in [-0.05, 0) is 77.3 Å². The maximum Gasteiger partial charge on any atom is 0.410 e. The third-order valence-electron chi connectivity index (χ3n) is 8.28. The lowest BCUT2D eigenvalue weighted by molar-refractivity contribution is 0.0134. The van der Waals surface area contributed by atoms with Crippen molar-refractivity contribution in [3.63, 3.8) is 0 Å². The molecule has 0 aromatic carbocycles. The van der Waals surface area contributed by atoms with Crippen LogP contribution in [-0.2, 0) is 4.74 Å². The Morgan fingerprint density at radius 3 is 2.55 bits per heavy atom. The van der Waals surface area contributed by atoms with Crippen molar-refractivity contribution in [3.05, 3.63) is 41.4 Å². The Labute approximate surface area is 252 Å². The molecule has 3 aromatic heterocycles. The smallest absolute Gasteiger partial charge is 0.410 e. The van der Waals surface area contributed by atoms with E-state index in [1.54, 1.807) is 17.5 Å². The molecule has 2 aliphatic heterocycles. The highest BCUT2D eigenvalue weighted by atomic mass is 32.1. The van der Waals surface area contributed by atoms with Crippen LogP contribution in [0.4, 0.5) is 16.3 Å². The lowest BCUT2D eigenvalue weighted by atomic mass is 10.0. The zero-order chi connectivity index (χ0) is 29.3. The fraction of sp³-hybridized carbons (Fsp3) is 0.613. The average molecular weight is 591 g/mol. The Morgan fingerprint density at radius 1 is 1.05 bits per heavy atom. The van der Waals surface area contributed by atoms with Crippen molar-refractivity contribution in [1.82, 2.24) is 30.0 Å². The van der Waals surface area contributed by atoms with Gasteiger partial charge in [-0.2, -0.15) is 0 Å². The Bertz CT molecular complexity index is 1360. The highest BCUT2D eigenvalue weighted by Gasteiger charge is 2.36. The number of hydrogen-bond acceptors (Lipinski definition) is 10. The summed E-state index contributed by atoms with van der Waals surface area (Å²) in [5.74, 6) is 1.53. The number of anilines is 2. The quantitative estimate of drug-likeness (QED) is 0.324. The molecular formula is C31H42N8O2S. The molecule has 6 rings (SSSR count). The van der Waals surface area contributed by atoms with Crippen LogP contribution in [-0.4, -0.2) is 80.5 Å². The van der Waals surface area contributed by atoms with Crippen molar-refractivity contribution < 1.29 is 9.53 Å². The predicted molar refractivity (Wildman–Crippen MR) is 165 cm³/mol. The van der Waals surface area contributed by atoms with Gasteiger partial charge in [-0.15, -0.1) is 10.2 Å². The summed E-state index contributed by atoms with van der Waals surface area (Å²) in [6.07, 6.45) is 12.2. The van der Waals surface area contributed by atoms with Crippen molar-refractivity contribution in [2.45, 2.75) is 83.8 Å². The SMILES string of the molecule is CC(c1ccc(N2CCC[C@@H](N(CC3CC3)C(=O)OC(C)(C)C)C2)cn1)c1nnc(-c2cncc(N3CCCC3)n2)s1. The number of pyridine rings is 1. The van der Waals surface area contributed by atoms with Crippen LogP contribution >= 0.6 is 11.3 Å². The van der Waals surface area contributed by atoms with Gasteiger partial charge in [0.15, 0.2) is 5.01 Å². The van der Waals surface area contributed by atoms with Crippen LogP contribution < -0.4 is 9.80 Å². The Balaban J connectivity index is 1.12. The van der Waals surface area contributed by atoms with E-state index < -0.39 is 5.60 Å². The van der Waals surface area contributed by atoms with E-state index >= 15 is 0 Å². The largest absolute Gasteiger partial charge is 0.444 e. The first kappa shape index (κ1) is 28.8. The normalized spacial score (nSPS) is 20.0. The van der Waals surface area contributed by atoms with E-state index in [0.717, 1.165) is 78.5 Å². The summed E-state index contributed by atoms with van der Waals surface area (Å²) in [6, 6.07) is 4.38. The molecule has 42 heavy (non-hydrogen) atoms. The summed E-state index contributed by atoms with van der Waals surface area (Å²) in [5.41, 5.74) is 2.30. The molecule has 10 nitrogen and oxygen atoms in total. The van der Waals surface area contributed by atoms with Crippen molar-refractivity contribution in [2.75, 3.05) is 42.5 Å². The molecule has 1 amide bonds. The van der Waals surface area contributed by atoms with Gasteiger partial charge >= 0.3 is 6.09 Å². The first-order valence-electron chi connectivity index (χ1n) is 15.3. The van der Waals surface area contributed by atoms with Gasteiger partial charge in [0.25, 0.3) is 0 Å². The molecule has 3 fully saturated rings. The first-order chi connectivity index (χ1) is 20.2. The molecule has 5 heterocycles. The molecule has 2 atom stereocenters.